The average Bonchev–Trinajstić information content (AvgIpc) is 3.12. The van der Waals surface area contributed by atoms with E-state index in [0.717, 1.165) is 26.4 Å². The fourth-order valence-electron chi connectivity index (χ4n) is 2.87. The highest BCUT2D eigenvalue weighted by molar-refractivity contribution is 7.80. The van der Waals surface area contributed by atoms with E-state index >= 15 is 0 Å². The van der Waals surface area contributed by atoms with Crippen LogP contribution < -0.4 is 10.6 Å². The highest BCUT2D eigenvalue weighted by Crippen LogP contribution is 2.35. The Labute approximate surface area is 182 Å². The van der Waals surface area contributed by atoms with Gasteiger partial charge in [0.25, 0.3) is 0 Å². The van der Waals surface area contributed by atoms with E-state index < -0.39 is 0 Å². The molecule has 4 rings (SSSR count). The molecule has 0 aliphatic carbocycles. The van der Waals surface area contributed by atoms with E-state index in [-0.39, 0.29) is 17.4 Å². The maximum Gasteiger partial charge on any atom is 0.230 e. The second kappa shape index (κ2) is 8.69. The van der Waals surface area contributed by atoms with Crippen molar-refractivity contribution in [2.24, 2.45) is 0 Å². The molecule has 4 aromatic rings. The summed E-state index contributed by atoms with van der Waals surface area (Å²) in [6.45, 7) is 0. The summed E-state index contributed by atoms with van der Waals surface area (Å²) in [7, 11) is 0. The molecule has 0 atom stereocenters. The zero-order valence-corrected chi connectivity index (χ0v) is 17.6. The second-order valence-corrected chi connectivity index (χ2v) is 8.19. The van der Waals surface area contributed by atoms with Crippen LogP contribution in [0.3, 0.4) is 0 Å². The van der Waals surface area contributed by atoms with Gasteiger partial charge in [0.1, 0.15) is 5.01 Å². The molecule has 1 amide bonds. The van der Waals surface area contributed by atoms with Crippen LogP contribution in [-0.4, -0.2) is 16.0 Å². The van der Waals surface area contributed by atoms with Crippen LogP contribution >= 0.6 is 35.2 Å². The van der Waals surface area contributed by atoms with Crippen LogP contribution in [0.2, 0.25) is 5.02 Å². The van der Waals surface area contributed by atoms with Crippen molar-refractivity contribution < 1.29 is 4.79 Å². The van der Waals surface area contributed by atoms with Crippen LogP contribution in [0, 0.1) is 0 Å². The first-order valence-corrected chi connectivity index (χ1v) is 10.5. The summed E-state index contributed by atoms with van der Waals surface area (Å²) in [4.78, 5) is 16.8. The highest BCUT2D eigenvalue weighted by Gasteiger charge is 2.11. The Bertz CT molecular complexity index is 1160. The van der Waals surface area contributed by atoms with Crippen molar-refractivity contribution in [1.29, 1.82) is 0 Å². The second-order valence-electron chi connectivity index (χ2n) is 6.35. The lowest BCUT2D eigenvalue weighted by Gasteiger charge is -2.11. The molecular formula is C22H16ClN3OS2. The van der Waals surface area contributed by atoms with Crippen LogP contribution in [0.5, 0.6) is 0 Å². The predicted octanol–water partition coefficient (Wildman–Crippen LogP) is 5.67. The first-order chi connectivity index (χ1) is 14.1. The monoisotopic (exact) mass is 437 g/mol. The Kier molecular flexibility index (Phi) is 5.85. The van der Waals surface area contributed by atoms with Crippen LogP contribution in [0.25, 0.3) is 20.8 Å². The molecule has 3 aromatic carbocycles. The fraction of sp³-hybridized carbons (Fsp3) is 0.0455. The standard InChI is InChI=1S/C22H16ClN3OS2/c23-17-13-15(24-22(28)26-20(27)12-14-6-2-1-3-7-14)10-11-16(17)21-25-18-8-4-5-9-19(18)29-21/h1-11,13H,12H2,(H2,24,26,27,28). The van der Waals surface area contributed by atoms with E-state index in [1.54, 1.807) is 17.4 Å². The molecule has 0 aliphatic rings. The van der Waals surface area contributed by atoms with Crippen LogP contribution in [-0.2, 0) is 11.2 Å². The molecule has 0 unspecified atom stereocenters. The normalized spacial score (nSPS) is 10.7. The molecule has 0 radical (unpaired) electrons. The molecule has 2 N–H and O–H groups in total. The van der Waals surface area contributed by atoms with Gasteiger partial charge in [0.2, 0.25) is 5.91 Å². The van der Waals surface area contributed by atoms with Gasteiger partial charge in [-0.05, 0) is 48.1 Å². The predicted molar refractivity (Wildman–Crippen MR) is 125 cm³/mol. The Morgan fingerprint density at radius 1 is 1.03 bits per heavy atom. The van der Waals surface area contributed by atoms with Gasteiger partial charge in [-0.15, -0.1) is 11.3 Å². The number of fused-ring (bicyclic) bond motifs is 1. The lowest BCUT2D eigenvalue weighted by Crippen LogP contribution is -2.35. The molecule has 0 fully saturated rings. The molecule has 0 aliphatic heterocycles. The summed E-state index contributed by atoms with van der Waals surface area (Å²) in [5.74, 6) is -0.175. The van der Waals surface area contributed by atoms with E-state index in [1.165, 1.54) is 0 Å². The first kappa shape index (κ1) is 19.5. The quantitative estimate of drug-likeness (QED) is 0.404. The Hall–Kier alpha value is -2.80. The van der Waals surface area contributed by atoms with Crippen molar-refractivity contribution in [3.8, 4) is 10.6 Å². The number of rotatable bonds is 4. The molecule has 7 heteroatoms. The third-order valence-electron chi connectivity index (χ3n) is 4.21. The van der Waals surface area contributed by atoms with Crippen LogP contribution in [0.1, 0.15) is 5.56 Å². The van der Waals surface area contributed by atoms with E-state index in [9.17, 15) is 4.79 Å². The zero-order valence-electron chi connectivity index (χ0n) is 15.2. The van der Waals surface area contributed by atoms with Gasteiger partial charge in [-0.25, -0.2) is 4.98 Å². The lowest BCUT2D eigenvalue weighted by molar-refractivity contribution is -0.119. The average molecular weight is 438 g/mol. The maximum atomic E-state index is 12.1. The summed E-state index contributed by atoms with van der Waals surface area (Å²) < 4.78 is 1.11. The molecule has 1 heterocycles. The molecule has 4 nitrogen and oxygen atoms in total. The summed E-state index contributed by atoms with van der Waals surface area (Å²) in [5, 5.41) is 7.35. The molecule has 0 saturated heterocycles. The number of benzene rings is 3. The molecule has 1 aromatic heterocycles. The SMILES string of the molecule is O=C(Cc1ccccc1)NC(=S)Nc1ccc(-c2nc3ccccc3s2)c(Cl)c1. The molecule has 0 spiro atoms. The lowest BCUT2D eigenvalue weighted by atomic mass is 10.1. The third kappa shape index (κ3) is 4.79. The van der Waals surface area contributed by atoms with Gasteiger partial charge in [-0.2, -0.15) is 0 Å². The Morgan fingerprint density at radius 2 is 1.79 bits per heavy atom. The summed E-state index contributed by atoms with van der Waals surface area (Å²) in [6, 6.07) is 23.0. The number of nitrogens with one attached hydrogen (secondary N) is 2. The highest BCUT2D eigenvalue weighted by atomic mass is 35.5. The Balaban J connectivity index is 1.42. The van der Waals surface area contributed by atoms with Gasteiger partial charge in [0.15, 0.2) is 5.11 Å². The summed E-state index contributed by atoms with van der Waals surface area (Å²) >= 11 is 13.3. The molecule has 0 saturated carbocycles. The first-order valence-electron chi connectivity index (χ1n) is 8.89. The smallest absolute Gasteiger partial charge is 0.230 e. The minimum Gasteiger partial charge on any atom is -0.332 e. The number of para-hydroxylation sites is 1. The van der Waals surface area contributed by atoms with E-state index in [1.807, 2.05) is 66.7 Å². The number of thiazole rings is 1. The topological polar surface area (TPSA) is 54.0 Å². The van der Waals surface area contributed by atoms with Crippen LogP contribution in [0.15, 0.2) is 72.8 Å². The number of hydrogen-bond acceptors (Lipinski definition) is 4. The fourth-order valence-corrected chi connectivity index (χ4v) is 4.43. The van der Waals surface area contributed by atoms with Crippen molar-refractivity contribution in [3.63, 3.8) is 0 Å². The van der Waals surface area contributed by atoms with Crippen molar-refractivity contribution in [2.75, 3.05) is 5.32 Å². The molecule has 0 bridgehead atoms. The third-order valence-corrected chi connectivity index (χ3v) is 5.80. The largest absolute Gasteiger partial charge is 0.332 e. The number of amides is 1. The van der Waals surface area contributed by atoms with Crippen molar-refractivity contribution in [2.45, 2.75) is 6.42 Å². The number of carbonyl (C=O) groups excluding carboxylic acids is 1. The van der Waals surface area contributed by atoms with Gasteiger partial charge in [0.05, 0.1) is 21.7 Å². The van der Waals surface area contributed by atoms with Gasteiger partial charge < -0.3 is 10.6 Å². The number of halogens is 1. The minimum absolute atomic E-state index is 0.175. The number of nitrogens with zero attached hydrogens (tertiary/aromatic N) is 1. The van der Waals surface area contributed by atoms with Crippen molar-refractivity contribution in [1.82, 2.24) is 10.3 Å². The maximum absolute atomic E-state index is 12.1. The number of thiocarbonyl (C=S) groups is 1. The van der Waals surface area contributed by atoms with Gasteiger partial charge >= 0.3 is 0 Å². The number of carbonyl (C=O) groups is 1. The van der Waals surface area contributed by atoms with E-state index in [0.29, 0.717) is 10.7 Å². The zero-order chi connectivity index (χ0) is 20.2. The molecule has 29 heavy (non-hydrogen) atoms. The van der Waals surface area contributed by atoms with E-state index in [2.05, 4.69) is 15.6 Å². The van der Waals surface area contributed by atoms with Gasteiger partial charge in [0, 0.05) is 11.3 Å². The Morgan fingerprint density at radius 3 is 2.55 bits per heavy atom. The van der Waals surface area contributed by atoms with Gasteiger partial charge in [-0.3, -0.25) is 4.79 Å². The number of hydrogen-bond donors (Lipinski definition) is 2. The van der Waals surface area contributed by atoms with Crippen molar-refractivity contribution in [3.05, 3.63) is 83.4 Å². The number of anilines is 1. The minimum atomic E-state index is -0.175. The van der Waals surface area contributed by atoms with E-state index in [4.69, 9.17) is 23.8 Å². The summed E-state index contributed by atoms with van der Waals surface area (Å²) in [6.07, 6.45) is 0.264. The van der Waals surface area contributed by atoms with Gasteiger partial charge in [-0.1, -0.05) is 54.1 Å². The number of aromatic nitrogens is 1. The van der Waals surface area contributed by atoms with Crippen molar-refractivity contribution >= 4 is 62.1 Å². The molecule has 144 valence electrons. The molecular weight excluding hydrogens is 422 g/mol. The van der Waals surface area contributed by atoms with Crippen LogP contribution in [0.4, 0.5) is 5.69 Å². The summed E-state index contributed by atoms with van der Waals surface area (Å²) in [5.41, 5.74) is 3.44.